The third-order valence-electron chi connectivity index (χ3n) is 2.73. The molecule has 1 amide bonds. The Morgan fingerprint density at radius 3 is 2.73 bits per heavy atom. The summed E-state index contributed by atoms with van der Waals surface area (Å²) in [6.07, 6.45) is 0.605. The lowest BCUT2D eigenvalue weighted by atomic mass is 10.1. The molecule has 1 saturated heterocycles. The maximum absolute atomic E-state index is 11.7. The molecule has 15 heavy (non-hydrogen) atoms. The Labute approximate surface area is 98.4 Å². The van der Waals surface area contributed by atoms with E-state index in [2.05, 4.69) is 41.1 Å². The highest BCUT2D eigenvalue weighted by atomic mass is 79.9. The normalized spacial score (nSPS) is 21.1. The molecule has 2 nitrogen and oxygen atoms in total. The number of rotatable bonds is 1. The molecule has 0 aromatic heterocycles. The molecule has 0 aliphatic carbocycles. The summed E-state index contributed by atoms with van der Waals surface area (Å²) >= 11 is 3.50. The monoisotopic (exact) mass is 267 g/mol. The van der Waals surface area contributed by atoms with E-state index in [1.807, 2.05) is 11.8 Å². The molecule has 1 heterocycles. The van der Waals surface area contributed by atoms with Crippen molar-refractivity contribution in [2.24, 2.45) is 0 Å². The summed E-state index contributed by atoms with van der Waals surface area (Å²) in [7, 11) is 0. The van der Waals surface area contributed by atoms with Gasteiger partial charge in [0.25, 0.3) is 0 Å². The molecule has 80 valence electrons. The van der Waals surface area contributed by atoms with E-state index in [1.54, 1.807) is 0 Å². The fourth-order valence-corrected chi connectivity index (χ4v) is 2.47. The van der Waals surface area contributed by atoms with E-state index in [0.717, 1.165) is 17.8 Å². The number of hydrogen-bond donors (Lipinski definition) is 0. The van der Waals surface area contributed by atoms with Gasteiger partial charge in [-0.25, -0.2) is 0 Å². The van der Waals surface area contributed by atoms with E-state index in [0.29, 0.717) is 11.2 Å². The van der Waals surface area contributed by atoms with Crippen LogP contribution in [0, 0.1) is 13.8 Å². The Morgan fingerprint density at radius 1 is 1.40 bits per heavy atom. The number of anilines is 1. The lowest BCUT2D eigenvalue weighted by Crippen LogP contribution is -2.25. The lowest BCUT2D eigenvalue weighted by Gasteiger charge is -2.19. The SMILES string of the molecule is Cc1ccc(C)c(N2CC(Br)CC2=O)c1. The topological polar surface area (TPSA) is 20.3 Å². The van der Waals surface area contributed by atoms with Gasteiger partial charge in [0.2, 0.25) is 5.91 Å². The van der Waals surface area contributed by atoms with Crippen molar-refractivity contribution in [3.05, 3.63) is 29.3 Å². The second kappa shape index (κ2) is 3.97. The molecule has 3 heteroatoms. The number of alkyl halides is 1. The van der Waals surface area contributed by atoms with E-state index in [4.69, 9.17) is 0 Å². The quantitative estimate of drug-likeness (QED) is 0.717. The predicted molar refractivity (Wildman–Crippen MR) is 65.6 cm³/mol. The van der Waals surface area contributed by atoms with Crippen LogP contribution in [0.15, 0.2) is 18.2 Å². The van der Waals surface area contributed by atoms with E-state index < -0.39 is 0 Å². The van der Waals surface area contributed by atoms with Crippen molar-refractivity contribution < 1.29 is 4.79 Å². The summed E-state index contributed by atoms with van der Waals surface area (Å²) in [4.78, 5) is 13.9. The molecule has 1 aromatic carbocycles. The number of amides is 1. The van der Waals surface area contributed by atoms with Crippen LogP contribution in [0.1, 0.15) is 17.5 Å². The van der Waals surface area contributed by atoms with Crippen LogP contribution in [0.25, 0.3) is 0 Å². The van der Waals surface area contributed by atoms with Gasteiger partial charge in [-0.15, -0.1) is 0 Å². The Morgan fingerprint density at radius 2 is 2.13 bits per heavy atom. The summed E-state index contributed by atoms with van der Waals surface area (Å²) < 4.78 is 0. The Bertz CT molecular complexity index is 403. The van der Waals surface area contributed by atoms with Gasteiger partial charge in [-0.1, -0.05) is 28.1 Å². The van der Waals surface area contributed by atoms with Gasteiger partial charge in [0.05, 0.1) is 0 Å². The van der Waals surface area contributed by atoms with Gasteiger partial charge in [-0.3, -0.25) is 4.79 Å². The molecular weight excluding hydrogens is 254 g/mol. The standard InChI is InChI=1S/C12H14BrNO/c1-8-3-4-9(2)11(5-8)14-7-10(13)6-12(14)15/h3-5,10H,6-7H2,1-2H3. The second-order valence-corrected chi connectivity index (χ2v) is 5.39. The van der Waals surface area contributed by atoms with Crippen molar-refractivity contribution in [3.8, 4) is 0 Å². The van der Waals surface area contributed by atoms with Crippen molar-refractivity contribution in [3.63, 3.8) is 0 Å². The van der Waals surface area contributed by atoms with Gasteiger partial charge >= 0.3 is 0 Å². The van der Waals surface area contributed by atoms with E-state index in [1.165, 1.54) is 5.56 Å². The van der Waals surface area contributed by atoms with E-state index >= 15 is 0 Å². The van der Waals surface area contributed by atoms with Gasteiger partial charge in [0, 0.05) is 23.5 Å². The van der Waals surface area contributed by atoms with Crippen LogP contribution in [0.3, 0.4) is 0 Å². The van der Waals surface area contributed by atoms with Crippen LogP contribution >= 0.6 is 15.9 Å². The summed E-state index contributed by atoms with van der Waals surface area (Å²) in [5.41, 5.74) is 3.42. The number of nitrogens with zero attached hydrogens (tertiary/aromatic N) is 1. The molecular formula is C12H14BrNO. The molecule has 1 aliphatic rings. The molecule has 0 radical (unpaired) electrons. The maximum atomic E-state index is 11.7. The second-order valence-electron chi connectivity index (χ2n) is 4.10. The van der Waals surface area contributed by atoms with Crippen molar-refractivity contribution in [2.45, 2.75) is 25.1 Å². The molecule has 0 N–H and O–H groups in total. The highest BCUT2D eigenvalue weighted by molar-refractivity contribution is 9.09. The van der Waals surface area contributed by atoms with Crippen LogP contribution in [0.2, 0.25) is 0 Å². The van der Waals surface area contributed by atoms with Crippen molar-refractivity contribution in [2.75, 3.05) is 11.4 Å². The minimum atomic E-state index is 0.213. The number of hydrogen-bond acceptors (Lipinski definition) is 1. The number of halogens is 1. The molecule has 1 aliphatic heterocycles. The number of carbonyl (C=O) groups excluding carboxylic acids is 1. The molecule has 0 saturated carbocycles. The molecule has 2 rings (SSSR count). The minimum absolute atomic E-state index is 0.213. The molecule has 1 fully saturated rings. The zero-order chi connectivity index (χ0) is 11.0. The number of aryl methyl sites for hydroxylation is 2. The first-order valence-electron chi connectivity index (χ1n) is 5.09. The lowest BCUT2D eigenvalue weighted by molar-refractivity contribution is -0.117. The van der Waals surface area contributed by atoms with Crippen LogP contribution in [0.4, 0.5) is 5.69 Å². The van der Waals surface area contributed by atoms with E-state index in [-0.39, 0.29) is 5.91 Å². The van der Waals surface area contributed by atoms with Gasteiger partial charge in [0.1, 0.15) is 0 Å². The van der Waals surface area contributed by atoms with Gasteiger partial charge in [0.15, 0.2) is 0 Å². The zero-order valence-corrected chi connectivity index (χ0v) is 10.5. The van der Waals surface area contributed by atoms with Gasteiger partial charge in [-0.2, -0.15) is 0 Å². The first-order valence-corrected chi connectivity index (χ1v) is 6.01. The van der Waals surface area contributed by atoms with Crippen molar-refractivity contribution >= 4 is 27.5 Å². The Kier molecular flexibility index (Phi) is 2.83. The van der Waals surface area contributed by atoms with Crippen molar-refractivity contribution in [1.82, 2.24) is 0 Å². The van der Waals surface area contributed by atoms with Gasteiger partial charge in [-0.05, 0) is 31.0 Å². The highest BCUT2D eigenvalue weighted by Gasteiger charge is 2.29. The predicted octanol–water partition coefficient (Wildman–Crippen LogP) is 2.80. The molecule has 1 atom stereocenters. The van der Waals surface area contributed by atoms with Crippen LogP contribution in [-0.2, 0) is 4.79 Å². The smallest absolute Gasteiger partial charge is 0.228 e. The molecule has 1 aromatic rings. The fraction of sp³-hybridized carbons (Fsp3) is 0.417. The largest absolute Gasteiger partial charge is 0.311 e. The summed E-state index contributed by atoms with van der Waals surface area (Å²) in [5.74, 6) is 0.213. The molecule has 0 spiro atoms. The first kappa shape index (κ1) is 10.7. The minimum Gasteiger partial charge on any atom is -0.311 e. The summed E-state index contributed by atoms with van der Waals surface area (Å²) in [6.45, 7) is 4.88. The third kappa shape index (κ3) is 2.07. The van der Waals surface area contributed by atoms with Crippen LogP contribution < -0.4 is 4.90 Å². The summed E-state index contributed by atoms with van der Waals surface area (Å²) in [5, 5.41) is 0. The maximum Gasteiger partial charge on any atom is 0.228 e. The average molecular weight is 268 g/mol. The van der Waals surface area contributed by atoms with Crippen LogP contribution in [0.5, 0.6) is 0 Å². The Hall–Kier alpha value is -0.830. The van der Waals surface area contributed by atoms with Gasteiger partial charge < -0.3 is 4.90 Å². The fourth-order valence-electron chi connectivity index (χ4n) is 1.91. The highest BCUT2D eigenvalue weighted by Crippen LogP contribution is 2.28. The summed E-state index contributed by atoms with van der Waals surface area (Å²) in [6, 6.07) is 6.22. The van der Waals surface area contributed by atoms with Crippen LogP contribution in [-0.4, -0.2) is 17.3 Å². The van der Waals surface area contributed by atoms with E-state index in [9.17, 15) is 4.79 Å². The zero-order valence-electron chi connectivity index (χ0n) is 8.96. The number of benzene rings is 1. The number of carbonyl (C=O) groups is 1. The first-order chi connectivity index (χ1) is 7.08. The Balaban J connectivity index is 2.37. The third-order valence-corrected chi connectivity index (χ3v) is 3.35. The molecule has 0 bridgehead atoms. The van der Waals surface area contributed by atoms with Crippen molar-refractivity contribution in [1.29, 1.82) is 0 Å². The average Bonchev–Trinajstić information content (AvgIpc) is 2.50. The molecule has 1 unspecified atom stereocenters.